The summed E-state index contributed by atoms with van der Waals surface area (Å²) in [5.41, 5.74) is 1.71. The third-order valence-corrected chi connectivity index (χ3v) is 4.78. The number of benzene rings is 1. The van der Waals surface area contributed by atoms with Crippen LogP contribution < -0.4 is 5.32 Å². The second kappa shape index (κ2) is 5.00. The molecule has 98 valence electrons. The molecule has 1 aliphatic carbocycles. The van der Waals surface area contributed by atoms with Gasteiger partial charge in [-0.05, 0) is 55.8 Å². The first-order chi connectivity index (χ1) is 8.77. The molecule has 2 aliphatic rings. The second-order valence-electron chi connectivity index (χ2n) is 6.01. The highest BCUT2D eigenvalue weighted by atomic mass is 19.1. The quantitative estimate of drug-likeness (QED) is 0.791. The predicted molar refractivity (Wildman–Crippen MR) is 72.2 cm³/mol. The van der Waals surface area contributed by atoms with E-state index >= 15 is 0 Å². The Balaban J connectivity index is 1.75. The molecule has 2 fully saturated rings. The van der Waals surface area contributed by atoms with Gasteiger partial charge in [0.25, 0.3) is 0 Å². The molecular formula is C16H22FN. The van der Waals surface area contributed by atoms with Gasteiger partial charge >= 0.3 is 0 Å². The maximum absolute atomic E-state index is 13.0. The maximum atomic E-state index is 13.0. The molecule has 1 unspecified atom stereocenters. The minimum absolute atomic E-state index is 0.125. The van der Waals surface area contributed by atoms with Crippen molar-refractivity contribution in [2.45, 2.75) is 56.4 Å². The van der Waals surface area contributed by atoms with Crippen LogP contribution in [0.5, 0.6) is 0 Å². The molecule has 1 spiro atoms. The highest BCUT2D eigenvalue weighted by molar-refractivity contribution is 5.22. The summed E-state index contributed by atoms with van der Waals surface area (Å²) in [6.45, 7) is 1.11. The van der Waals surface area contributed by atoms with Crippen molar-refractivity contribution in [3.05, 3.63) is 35.6 Å². The Morgan fingerprint density at radius 2 is 1.78 bits per heavy atom. The maximum Gasteiger partial charge on any atom is 0.123 e. The molecule has 3 rings (SSSR count). The average Bonchev–Trinajstić information content (AvgIpc) is 2.40. The molecule has 1 saturated heterocycles. The highest BCUT2D eigenvalue weighted by Crippen LogP contribution is 2.40. The monoisotopic (exact) mass is 247 g/mol. The summed E-state index contributed by atoms with van der Waals surface area (Å²) in [4.78, 5) is 0. The van der Waals surface area contributed by atoms with Crippen molar-refractivity contribution in [1.29, 1.82) is 0 Å². The number of hydrogen-bond acceptors (Lipinski definition) is 1. The zero-order valence-corrected chi connectivity index (χ0v) is 10.9. The SMILES string of the molecule is Fc1ccc(C2CCNC3(CCCCC3)C2)cc1. The number of piperidine rings is 1. The Hall–Kier alpha value is -0.890. The lowest BCUT2D eigenvalue weighted by atomic mass is 9.71. The fourth-order valence-corrected chi connectivity index (χ4v) is 3.79. The molecule has 0 bridgehead atoms. The summed E-state index contributed by atoms with van der Waals surface area (Å²) < 4.78 is 13.0. The Morgan fingerprint density at radius 3 is 2.50 bits per heavy atom. The molecule has 1 N–H and O–H groups in total. The summed E-state index contributed by atoms with van der Waals surface area (Å²) in [6, 6.07) is 7.15. The summed E-state index contributed by atoms with van der Waals surface area (Å²) >= 11 is 0. The van der Waals surface area contributed by atoms with Crippen molar-refractivity contribution in [3.8, 4) is 0 Å². The summed E-state index contributed by atoms with van der Waals surface area (Å²) in [7, 11) is 0. The van der Waals surface area contributed by atoms with Crippen molar-refractivity contribution in [1.82, 2.24) is 5.32 Å². The van der Waals surface area contributed by atoms with E-state index in [1.807, 2.05) is 12.1 Å². The lowest BCUT2D eigenvalue weighted by Crippen LogP contribution is -2.51. The van der Waals surface area contributed by atoms with E-state index in [-0.39, 0.29) is 5.82 Å². The fraction of sp³-hybridized carbons (Fsp3) is 0.625. The number of nitrogens with one attached hydrogen (secondary N) is 1. The van der Waals surface area contributed by atoms with Gasteiger partial charge in [-0.1, -0.05) is 31.4 Å². The third-order valence-electron chi connectivity index (χ3n) is 4.78. The van der Waals surface area contributed by atoms with Crippen molar-refractivity contribution in [2.75, 3.05) is 6.54 Å². The zero-order valence-electron chi connectivity index (χ0n) is 10.9. The standard InChI is InChI=1S/C16H22FN/c17-15-6-4-13(5-7-15)14-8-11-18-16(12-14)9-2-1-3-10-16/h4-7,14,18H,1-3,8-12H2. The van der Waals surface area contributed by atoms with Gasteiger partial charge < -0.3 is 5.32 Å². The van der Waals surface area contributed by atoms with Crippen LogP contribution in [-0.4, -0.2) is 12.1 Å². The van der Waals surface area contributed by atoms with Crippen LogP contribution in [-0.2, 0) is 0 Å². The first-order valence-electron chi connectivity index (χ1n) is 7.28. The van der Waals surface area contributed by atoms with Gasteiger partial charge in [-0.2, -0.15) is 0 Å². The van der Waals surface area contributed by atoms with Gasteiger partial charge in [-0.25, -0.2) is 4.39 Å². The number of rotatable bonds is 1. The van der Waals surface area contributed by atoms with E-state index in [0.29, 0.717) is 11.5 Å². The highest BCUT2D eigenvalue weighted by Gasteiger charge is 2.37. The molecule has 1 heterocycles. The van der Waals surface area contributed by atoms with Gasteiger partial charge in [0.2, 0.25) is 0 Å². The number of halogens is 1. The molecule has 18 heavy (non-hydrogen) atoms. The van der Waals surface area contributed by atoms with E-state index in [0.717, 1.165) is 6.54 Å². The minimum atomic E-state index is -0.125. The lowest BCUT2D eigenvalue weighted by molar-refractivity contribution is 0.169. The van der Waals surface area contributed by atoms with Crippen molar-refractivity contribution in [3.63, 3.8) is 0 Å². The van der Waals surface area contributed by atoms with Crippen LogP contribution >= 0.6 is 0 Å². The van der Waals surface area contributed by atoms with Gasteiger partial charge in [0.15, 0.2) is 0 Å². The normalized spacial score (nSPS) is 27.3. The van der Waals surface area contributed by atoms with Crippen LogP contribution in [0.15, 0.2) is 24.3 Å². The molecule has 1 saturated carbocycles. The van der Waals surface area contributed by atoms with Gasteiger partial charge in [-0.15, -0.1) is 0 Å². The Labute approximate surface area is 109 Å². The fourth-order valence-electron chi connectivity index (χ4n) is 3.79. The molecular weight excluding hydrogens is 225 g/mol. The Kier molecular flexibility index (Phi) is 3.38. The van der Waals surface area contributed by atoms with Crippen LogP contribution in [0.3, 0.4) is 0 Å². The van der Waals surface area contributed by atoms with Crippen LogP contribution in [0.1, 0.15) is 56.4 Å². The van der Waals surface area contributed by atoms with E-state index in [4.69, 9.17) is 0 Å². The van der Waals surface area contributed by atoms with Gasteiger partial charge in [0.05, 0.1) is 0 Å². The molecule has 1 aliphatic heterocycles. The molecule has 1 nitrogen and oxygen atoms in total. The minimum Gasteiger partial charge on any atom is -0.311 e. The molecule has 0 aromatic heterocycles. The summed E-state index contributed by atoms with van der Waals surface area (Å²) in [5.74, 6) is 0.491. The average molecular weight is 247 g/mol. The van der Waals surface area contributed by atoms with Crippen LogP contribution in [0.4, 0.5) is 4.39 Å². The molecule has 1 aromatic rings. The summed E-state index contributed by atoms with van der Waals surface area (Å²) in [5, 5.41) is 3.77. The van der Waals surface area contributed by atoms with Crippen molar-refractivity contribution >= 4 is 0 Å². The first kappa shape index (κ1) is 12.2. The lowest BCUT2D eigenvalue weighted by Gasteiger charge is -2.45. The predicted octanol–water partition coefficient (Wildman–Crippen LogP) is 4.00. The zero-order chi connectivity index (χ0) is 12.4. The van der Waals surface area contributed by atoms with E-state index in [9.17, 15) is 4.39 Å². The third kappa shape index (κ3) is 2.44. The molecule has 0 radical (unpaired) electrons. The Bertz CT molecular complexity index is 387. The van der Waals surface area contributed by atoms with E-state index in [1.54, 1.807) is 12.1 Å². The van der Waals surface area contributed by atoms with Gasteiger partial charge in [0.1, 0.15) is 5.82 Å². The summed E-state index contributed by atoms with van der Waals surface area (Å²) in [6.07, 6.45) is 9.19. The van der Waals surface area contributed by atoms with E-state index < -0.39 is 0 Å². The second-order valence-corrected chi connectivity index (χ2v) is 6.01. The topological polar surface area (TPSA) is 12.0 Å². The van der Waals surface area contributed by atoms with Crippen molar-refractivity contribution in [2.24, 2.45) is 0 Å². The van der Waals surface area contributed by atoms with Crippen LogP contribution in [0.2, 0.25) is 0 Å². The van der Waals surface area contributed by atoms with Crippen LogP contribution in [0, 0.1) is 5.82 Å². The molecule has 1 atom stereocenters. The first-order valence-corrected chi connectivity index (χ1v) is 7.28. The Morgan fingerprint density at radius 1 is 1.06 bits per heavy atom. The largest absolute Gasteiger partial charge is 0.311 e. The van der Waals surface area contributed by atoms with E-state index in [2.05, 4.69) is 5.32 Å². The molecule has 0 amide bonds. The smallest absolute Gasteiger partial charge is 0.123 e. The molecule has 1 aromatic carbocycles. The van der Waals surface area contributed by atoms with Crippen LogP contribution in [0.25, 0.3) is 0 Å². The molecule has 2 heteroatoms. The van der Waals surface area contributed by atoms with Gasteiger partial charge in [0, 0.05) is 5.54 Å². The van der Waals surface area contributed by atoms with E-state index in [1.165, 1.54) is 50.5 Å². The van der Waals surface area contributed by atoms with Crippen molar-refractivity contribution < 1.29 is 4.39 Å². The number of hydrogen-bond donors (Lipinski definition) is 1. The van der Waals surface area contributed by atoms with Gasteiger partial charge in [-0.3, -0.25) is 0 Å².